The molecule has 26 heavy (non-hydrogen) atoms. The second kappa shape index (κ2) is 6.48. The SMILES string of the molecule is O=C(O)c1cc(C(=O)N[C@H]2C[C@H]2c2ccccc2)n(-c2ccccc2)n1. The Morgan fingerprint density at radius 3 is 2.35 bits per heavy atom. The number of hydrogen-bond donors (Lipinski definition) is 2. The summed E-state index contributed by atoms with van der Waals surface area (Å²) < 4.78 is 1.37. The molecule has 1 fully saturated rings. The Kier molecular flexibility index (Phi) is 4.01. The number of carbonyl (C=O) groups is 2. The Bertz CT molecular complexity index is 951. The van der Waals surface area contributed by atoms with E-state index in [2.05, 4.69) is 10.4 Å². The number of amides is 1. The van der Waals surface area contributed by atoms with E-state index in [4.69, 9.17) is 0 Å². The van der Waals surface area contributed by atoms with E-state index in [-0.39, 0.29) is 23.3 Å². The van der Waals surface area contributed by atoms with Gasteiger partial charge in [-0.3, -0.25) is 4.79 Å². The van der Waals surface area contributed by atoms with Crippen molar-refractivity contribution in [2.75, 3.05) is 0 Å². The summed E-state index contributed by atoms with van der Waals surface area (Å²) in [5.41, 5.74) is 1.89. The van der Waals surface area contributed by atoms with Gasteiger partial charge in [0, 0.05) is 18.0 Å². The summed E-state index contributed by atoms with van der Waals surface area (Å²) in [6, 6.07) is 20.4. The largest absolute Gasteiger partial charge is 0.476 e. The van der Waals surface area contributed by atoms with Gasteiger partial charge in [-0.2, -0.15) is 5.10 Å². The predicted octanol–water partition coefficient (Wildman–Crippen LogP) is 2.86. The summed E-state index contributed by atoms with van der Waals surface area (Å²) in [5, 5.41) is 16.3. The third-order valence-corrected chi connectivity index (χ3v) is 4.50. The van der Waals surface area contributed by atoms with Crippen LogP contribution in [0.1, 0.15) is 38.9 Å². The van der Waals surface area contributed by atoms with Crippen molar-refractivity contribution in [3.63, 3.8) is 0 Å². The minimum Gasteiger partial charge on any atom is -0.476 e. The van der Waals surface area contributed by atoms with E-state index >= 15 is 0 Å². The number of aromatic nitrogens is 2. The highest BCUT2D eigenvalue weighted by Gasteiger charge is 2.40. The highest BCUT2D eigenvalue weighted by atomic mass is 16.4. The second-order valence-corrected chi connectivity index (χ2v) is 6.30. The van der Waals surface area contributed by atoms with Crippen molar-refractivity contribution in [1.29, 1.82) is 0 Å². The number of para-hydroxylation sites is 1. The zero-order valence-corrected chi connectivity index (χ0v) is 13.9. The van der Waals surface area contributed by atoms with Crippen molar-refractivity contribution >= 4 is 11.9 Å². The molecule has 3 aromatic rings. The Morgan fingerprint density at radius 2 is 1.69 bits per heavy atom. The first-order chi connectivity index (χ1) is 12.6. The smallest absolute Gasteiger partial charge is 0.356 e. The van der Waals surface area contributed by atoms with Crippen LogP contribution in [0, 0.1) is 0 Å². The molecular formula is C20H17N3O3. The van der Waals surface area contributed by atoms with E-state index in [0.717, 1.165) is 6.42 Å². The summed E-state index contributed by atoms with van der Waals surface area (Å²) in [7, 11) is 0. The highest BCUT2D eigenvalue weighted by Crippen LogP contribution is 2.40. The maximum atomic E-state index is 12.7. The van der Waals surface area contributed by atoms with E-state index in [9.17, 15) is 14.7 Å². The molecule has 0 spiro atoms. The lowest BCUT2D eigenvalue weighted by molar-refractivity contribution is 0.0689. The summed E-state index contributed by atoms with van der Waals surface area (Å²) in [5.74, 6) is -1.19. The lowest BCUT2D eigenvalue weighted by atomic mass is 10.1. The van der Waals surface area contributed by atoms with E-state index in [1.54, 1.807) is 12.1 Å². The lowest BCUT2D eigenvalue weighted by Gasteiger charge is -2.08. The number of nitrogens with one attached hydrogen (secondary N) is 1. The summed E-state index contributed by atoms with van der Waals surface area (Å²) in [6.45, 7) is 0. The predicted molar refractivity (Wildman–Crippen MR) is 95.6 cm³/mol. The van der Waals surface area contributed by atoms with Gasteiger partial charge in [0.05, 0.1) is 5.69 Å². The fraction of sp³-hybridized carbons (Fsp3) is 0.150. The number of carboxylic acid groups (broad SMARTS) is 1. The average molecular weight is 347 g/mol. The van der Waals surface area contributed by atoms with Crippen LogP contribution in [-0.2, 0) is 0 Å². The maximum absolute atomic E-state index is 12.7. The lowest BCUT2D eigenvalue weighted by Crippen LogP contribution is -2.28. The van der Waals surface area contributed by atoms with Crippen molar-refractivity contribution in [2.24, 2.45) is 0 Å². The first kappa shape index (κ1) is 16.1. The minimum atomic E-state index is -1.16. The Morgan fingerprint density at radius 1 is 1.04 bits per heavy atom. The quantitative estimate of drug-likeness (QED) is 0.743. The van der Waals surface area contributed by atoms with Gasteiger partial charge in [-0.05, 0) is 24.1 Å². The summed E-state index contributed by atoms with van der Waals surface area (Å²) >= 11 is 0. The Hall–Kier alpha value is -3.41. The number of rotatable bonds is 5. The monoisotopic (exact) mass is 347 g/mol. The minimum absolute atomic E-state index is 0.0531. The molecule has 1 aliphatic carbocycles. The van der Waals surface area contributed by atoms with Gasteiger partial charge in [0.15, 0.2) is 5.69 Å². The van der Waals surface area contributed by atoms with Gasteiger partial charge in [0.2, 0.25) is 0 Å². The molecule has 0 bridgehead atoms. The third kappa shape index (κ3) is 3.09. The van der Waals surface area contributed by atoms with E-state index in [1.807, 2.05) is 48.5 Å². The zero-order chi connectivity index (χ0) is 18.1. The second-order valence-electron chi connectivity index (χ2n) is 6.30. The fourth-order valence-corrected chi connectivity index (χ4v) is 3.08. The van der Waals surface area contributed by atoms with Crippen LogP contribution in [0.2, 0.25) is 0 Å². The van der Waals surface area contributed by atoms with E-state index < -0.39 is 5.97 Å². The number of hydrogen-bond acceptors (Lipinski definition) is 3. The number of aromatic carboxylic acids is 1. The van der Waals surface area contributed by atoms with Crippen LogP contribution in [0.3, 0.4) is 0 Å². The Balaban J connectivity index is 1.57. The topological polar surface area (TPSA) is 84.2 Å². The van der Waals surface area contributed by atoms with E-state index in [0.29, 0.717) is 11.6 Å². The first-order valence-electron chi connectivity index (χ1n) is 8.38. The molecule has 6 heteroatoms. The van der Waals surface area contributed by atoms with Crippen LogP contribution >= 0.6 is 0 Å². The molecule has 0 radical (unpaired) electrons. The molecule has 2 aromatic carbocycles. The first-order valence-corrected chi connectivity index (χ1v) is 8.38. The van der Waals surface area contributed by atoms with Crippen molar-refractivity contribution in [3.05, 3.63) is 83.7 Å². The van der Waals surface area contributed by atoms with Gasteiger partial charge in [-0.25, -0.2) is 9.48 Å². The van der Waals surface area contributed by atoms with Crippen LogP contribution in [0.25, 0.3) is 5.69 Å². The van der Waals surface area contributed by atoms with Gasteiger partial charge < -0.3 is 10.4 Å². The molecule has 1 aromatic heterocycles. The summed E-state index contributed by atoms with van der Waals surface area (Å²) in [6.07, 6.45) is 0.876. The van der Waals surface area contributed by atoms with Gasteiger partial charge in [0.25, 0.3) is 5.91 Å². The molecule has 130 valence electrons. The molecule has 6 nitrogen and oxygen atoms in total. The van der Waals surface area contributed by atoms with Gasteiger partial charge in [-0.1, -0.05) is 48.5 Å². The molecule has 1 saturated carbocycles. The Labute approximate surface area is 150 Å². The van der Waals surface area contributed by atoms with Crippen molar-refractivity contribution in [3.8, 4) is 5.69 Å². The molecular weight excluding hydrogens is 330 g/mol. The molecule has 0 aliphatic heterocycles. The van der Waals surface area contributed by atoms with Crippen LogP contribution in [0.15, 0.2) is 66.7 Å². The summed E-state index contributed by atoms with van der Waals surface area (Å²) in [4.78, 5) is 24.0. The van der Waals surface area contributed by atoms with Crippen LogP contribution < -0.4 is 5.32 Å². The fourth-order valence-electron chi connectivity index (χ4n) is 3.08. The third-order valence-electron chi connectivity index (χ3n) is 4.50. The molecule has 2 atom stereocenters. The van der Waals surface area contributed by atoms with Crippen LogP contribution in [0.4, 0.5) is 0 Å². The molecule has 0 unspecified atom stereocenters. The molecule has 1 heterocycles. The van der Waals surface area contributed by atoms with Crippen molar-refractivity contribution < 1.29 is 14.7 Å². The van der Waals surface area contributed by atoms with Crippen LogP contribution in [-0.4, -0.2) is 32.8 Å². The van der Waals surface area contributed by atoms with Gasteiger partial charge in [-0.15, -0.1) is 0 Å². The number of carbonyl (C=O) groups excluding carboxylic acids is 1. The number of benzene rings is 2. The van der Waals surface area contributed by atoms with E-state index in [1.165, 1.54) is 16.3 Å². The van der Waals surface area contributed by atoms with Crippen molar-refractivity contribution in [1.82, 2.24) is 15.1 Å². The van der Waals surface area contributed by atoms with Gasteiger partial charge >= 0.3 is 5.97 Å². The van der Waals surface area contributed by atoms with Gasteiger partial charge in [0.1, 0.15) is 5.69 Å². The molecule has 2 N–H and O–H groups in total. The number of nitrogens with zero attached hydrogens (tertiary/aromatic N) is 2. The van der Waals surface area contributed by atoms with Crippen LogP contribution in [0.5, 0.6) is 0 Å². The standard InChI is InChI=1S/C20H17N3O3/c24-19(21-16-11-15(16)13-7-3-1-4-8-13)18-12-17(20(25)26)22-23(18)14-9-5-2-6-10-14/h1-10,12,15-16H,11H2,(H,21,24)(H,25,26)/t15-,16-/m0/s1. The molecule has 1 amide bonds. The average Bonchev–Trinajstić information content (AvgIpc) is 3.28. The number of carboxylic acids is 1. The normalized spacial score (nSPS) is 18.3. The maximum Gasteiger partial charge on any atom is 0.356 e. The highest BCUT2D eigenvalue weighted by molar-refractivity contribution is 5.96. The van der Waals surface area contributed by atoms with Crippen molar-refractivity contribution in [2.45, 2.75) is 18.4 Å². The molecule has 4 rings (SSSR count). The molecule has 0 saturated heterocycles. The molecule has 1 aliphatic rings. The zero-order valence-electron chi connectivity index (χ0n) is 13.9.